The lowest BCUT2D eigenvalue weighted by molar-refractivity contribution is 0.0829. The molecule has 3 aromatic carbocycles. The summed E-state index contributed by atoms with van der Waals surface area (Å²) in [6.45, 7) is 4.77. The zero-order chi connectivity index (χ0) is 28.2. The van der Waals surface area contributed by atoms with Crippen LogP contribution in [-0.2, 0) is 19.5 Å². The third-order valence-corrected chi connectivity index (χ3v) is 6.95. The van der Waals surface area contributed by atoms with Crippen LogP contribution in [0.25, 0.3) is 0 Å². The number of carbonyl (C=O) groups is 1. The van der Waals surface area contributed by atoms with Crippen molar-refractivity contribution in [1.82, 2.24) is 15.5 Å². The molecule has 4 N–H and O–H groups in total. The predicted octanol–water partition coefficient (Wildman–Crippen LogP) is 4.27. The maximum Gasteiger partial charge on any atom is 0.251 e. The second-order valence-corrected chi connectivity index (χ2v) is 10.8. The van der Waals surface area contributed by atoms with Crippen molar-refractivity contribution in [2.24, 2.45) is 0 Å². The second-order valence-electron chi connectivity index (χ2n) is 9.59. The van der Waals surface area contributed by atoms with Gasteiger partial charge >= 0.3 is 0 Å². The molecule has 0 fully saturated rings. The molecule has 1 amide bonds. The Morgan fingerprint density at radius 2 is 1.69 bits per heavy atom. The summed E-state index contributed by atoms with van der Waals surface area (Å²) in [5, 5.41) is 26.5. The Kier molecular flexibility index (Phi) is 12.7. The van der Waals surface area contributed by atoms with E-state index >= 15 is 0 Å². The zero-order valence-electron chi connectivity index (χ0n) is 22.0. The second kappa shape index (κ2) is 16.0. The van der Waals surface area contributed by atoms with Crippen LogP contribution < -0.4 is 10.6 Å². The van der Waals surface area contributed by atoms with Crippen LogP contribution in [0.1, 0.15) is 40.4 Å². The van der Waals surface area contributed by atoms with E-state index < -0.39 is 23.8 Å². The molecule has 0 saturated carbocycles. The summed E-state index contributed by atoms with van der Waals surface area (Å²) < 4.78 is 28.8. The molecule has 0 spiro atoms. The van der Waals surface area contributed by atoms with Crippen LogP contribution in [0.3, 0.4) is 0 Å². The first-order valence-electron chi connectivity index (χ1n) is 13.1. The van der Waals surface area contributed by atoms with E-state index in [1.807, 2.05) is 30.3 Å². The van der Waals surface area contributed by atoms with Gasteiger partial charge in [0.25, 0.3) is 5.91 Å². The van der Waals surface area contributed by atoms with Crippen molar-refractivity contribution in [2.45, 2.75) is 45.0 Å². The smallest absolute Gasteiger partial charge is 0.251 e. The molecule has 3 aromatic rings. The molecule has 6 nitrogen and oxygen atoms in total. The molecule has 0 radical (unpaired) electrons. The van der Waals surface area contributed by atoms with Gasteiger partial charge in [-0.25, -0.2) is 8.78 Å². The molecule has 0 unspecified atom stereocenters. The minimum absolute atomic E-state index is 0.0486. The van der Waals surface area contributed by atoms with Gasteiger partial charge in [0.05, 0.1) is 18.8 Å². The van der Waals surface area contributed by atoms with Crippen LogP contribution in [0.2, 0.25) is 0 Å². The Bertz CT molecular complexity index is 1190. The van der Waals surface area contributed by atoms with Crippen LogP contribution in [0, 0.1) is 15.2 Å². The summed E-state index contributed by atoms with van der Waals surface area (Å²) in [7, 11) is 0. The van der Waals surface area contributed by atoms with Crippen LogP contribution in [0.5, 0.6) is 0 Å². The Balaban J connectivity index is 1.73. The Hall–Kier alpha value is -2.44. The molecule has 0 aliphatic carbocycles. The number of hydrogen-bond donors (Lipinski definition) is 4. The molecule has 39 heavy (non-hydrogen) atoms. The van der Waals surface area contributed by atoms with Gasteiger partial charge in [-0.2, -0.15) is 0 Å². The molecule has 9 heteroatoms. The van der Waals surface area contributed by atoms with E-state index in [1.54, 1.807) is 18.2 Å². The van der Waals surface area contributed by atoms with Crippen LogP contribution in [0.15, 0.2) is 66.7 Å². The number of amides is 1. The average Bonchev–Trinajstić information content (AvgIpc) is 2.88. The molecule has 3 rings (SSSR count). The van der Waals surface area contributed by atoms with Gasteiger partial charge in [0.2, 0.25) is 0 Å². The van der Waals surface area contributed by atoms with Gasteiger partial charge < -0.3 is 20.8 Å². The number of carbonyl (C=O) groups excluding carboxylic acids is 1. The number of hydrogen-bond acceptors (Lipinski definition) is 5. The number of aliphatic hydroxyl groups is 2. The number of halogens is 3. The van der Waals surface area contributed by atoms with E-state index in [1.165, 1.54) is 12.1 Å². The summed E-state index contributed by atoms with van der Waals surface area (Å²) in [6.07, 6.45) is -0.0267. The van der Waals surface area contributed by atoms with Gasteiger partial charge in [0, 0.05) is 41.4 Å². The number of nitrogens with one attached hydrogen (secondary N) is 2. The van der Waals surface area contributed by atoms with Crippen molar-refractivity contribution in [3.8, 4) is 0 Å². The van der Waals surface area contributed by atoms with Crippen LogP contribution >= 0.6 is 22.6 Å². The quantitative estimate of drug-likeness (QED) is 0.185. The molecule has 0 aliphatic heterocycles. The van der Waals surface area contributed by atoms with Crippen molar-refractivity contribution >= 4 is 28.5 Å². The molecule has 210 valence electrons. The zero-order valence-corrected chi connectivity index (χ0v) is 24.2. The molecule has 0 aliphatic rings. The highest BCUT2D eigenvalue weighted by Gasteiger charge is 2.23. The van der Waals surface area contributed by atoms with E-state index in [4.69, 9.17) is 0 Å². The van der Waals surface area contributed by atoms with E-state index in [2.05, 4.69) is 45.0 Å². The number of benzene rings is 3. The van der Waals surface area contributed by atoms with Gasteiger partial charge in [-0.3, -0.25) is 9.69 Å². The third-order valence-electron chi connectivity index (χ3n) is 6.28. The summed E-state index contributed by atoms with van der Waals surface area (Å²) in [4.78, 5) is 15.4. The van der Waals surface area contributed by atoms with Crippen molar-refractivity contribution in [2.75, 3.05) is 26.2 Å². The standard InChI is InChI=1S/C30H36F2IN3O3/c1-2-9-36(10-11-37)20-22-6-3-7-24(12-22)30(39)35-28(16-23-13-25(31)17-26(32)14-23)29(38)19-34-18-21-5-4-8-27(33)15-21/h3-8,12-15,17,28-29,34,37-38H,2,9-11,16,18-20H2,1H3,(H,35,39)/t28-,29-/m0/s1. The Morgan fingerprint density at radius 1 is 0.974 bits per heavy atom. The lowest BCUT2D eigenvalue weighted by atomic mass is 9.99. The van der Waals surface area contributed by atoms with Crippen molar-refractivity contribution < 1.29 is 23.8 Å². The van der Waals surface area contributed by atoms with Gasteiger partial charge in [-0.05, 0) is 95.1 Å². The first-order valence-corrected chi connectivity index (χ1v) is 14.2. The lowest BCUT2D eigenvalue weighted by Crippen LogP contribution is -2.48. The molecule has 0 aromatic heterocycles. The molecule has 0 bridgehead atoms. The molecule has 0 saturated heterocycles. The summed E-state index contributed by atoms with van der Waals surface area (Å²) in [5.41, 5.74) is 2.73. The summed E-state index contributed by atoms with van der Waals surface area (Å²) in [5.74, 6) is -1.82. The van der Waals surface area contributed by atoms with Gasteiger partial charge in [-0.1, -0.05) is 31.2 Å². The van der Waals surface area contributed by atoms with Gasteiger partial charge in [-0.15, -0.1) is 0 Å². The minimum Gasteiger partial charge on any atom is -0.395 e. The molecule has 2 atom stereocenters. The summed E-state index contributed by atoms with van der Waals surface area (Å²) >= 11 is 2.23. The largest absolute Gasteiger partial charge is 0.395 e. The maximum absolute atomic E-state index is 13.9. The first kappa shape index (κ1) is 31.1. The van der Waals surface area contributed by atoms with E-state index in [-0.39, 0.29) is 25.5 Å². The maximum atomic E-state index is 13.9. The normalized spacial score (nSPS) is 12.9. The predicted molar refractivity (Wildman–Crippen MR) is 157 cm³/mol. The van der Waals surface area contributed by atoms with Crippen molar-refractivity contribution in [3.05, 3.63) is 104 Å². The first-order chi connectivity index (χ1) is 18.8. The fraction of sp³-hybridized carbons (Fsp3) is 0.367. The van der Waals surface area contributed by atoms with E-state index in [9.17, 15) is 23.8 Å². The van der Waals surface area contributed by atoms with Crippen LogP contribution in [-0.4, -0.2) is 59.4 Å². The topological polar surface area (TPSA) is 84.8 Å². The number of rotatable bonds is 15. The minimum atomic E-state index is -1.02. The third kappa shape index (κ3) is 10.6. The Morgan fingerprint density at radius 3 is 2.38 bits per heavy atom. The monoisotopic (exact) mass is 651 g/mol. The summed E-state index contributed by atoms with van der Waals surface area (Å²) in [6, 6.07) is 17.6. The highest BCUT2D eigenvalue weighted by Crippen LogP contribution is 2.14. The lowest BCUT2D eigenvalue weighted by Gasteiger charge is -2.25. The number of aliphatic hydroxyl groups excluding tert-OH is 2. The van der Waals surface area contributed by atoms with Gasteiger partial charge in [0.15, 0.2) is 0 Å². The molecule has 0 heterocycles. The molecular weight excluding hydrogens is 615 g/mol. The highest BCUT2D eigenvalue weighted by molar-refractivity contribution is 14.1. The van der Waals surface area contributed by atoms with Crippen molar-refractivity contribution in [1.29, 1.82) is 0 Å². The average molecular weight is 652 g/mol. The van der Waals surface area contributed by atoms with Crippen LogP contribution in [0.4, 0.5) is 8.78 Å². The van der Waals surface area contributed by atoms with E-state index in [0.717, 1.165) is 33.7 Å². The Labute approximate surface area is 242 Å². The van der Waals surface area contributed by atoms with Crippen molar-refractivity contribution in [3.63, 3.8) is 0 Å². The van der Waals surface area contributed by atoms with E-state index in [0.29, 0.717) is 30.8 Å². The fourth-order valence-electron chi connectivity index (χ4n) is 4.47. The highest BCUT2D eigenvalue weighted by atomic mass is 127. The molecular formula is C30H36F2IN3O3. The SMILES string of the molecule is CCCN(CCO)Cc1cccc(C(=O)N[C@@H](Cc2cc(F)cc(F)c2)[C@@H](O)CNCc2cccc(I)c2)c1. The van der Waals surface area contributed by atoms with Gasteiger partial charge in [0.1, 0.15) is 11.6 Å². The number of nitrogens with zero attached hydrogens (tertiary/aromatic N) is 1. The fourth-order valence-corrected chi connectivity index (χ4v) is 5.08.